The van der Waals surface area contributed by atoms with Crippen LogP contribution < -0.4 is 15.8 Å². The lowest BCUT2D eigenvalue weighted by Gasteiger charge is -2.26. The van der Waals surface area contributed by atoms with Gasteiger partial charge < -0.3 is 4.90 Å². The second-order valence-corrected chi connectivity index (χ2v) is 5.25. The third-order valence-corrected chi connectivity index (χ3v) is 3.86. The number of rotatable bonds is 5. The zero-order valence-electron chi connectivity index (χ0n) is 12.5. The quantitative estimate of drug-likeness (QED) is 0.678. The zero-order valence-corrected chi connectivity index (χ0v) is 12.5. The second kappa shape index (κ2) is 5.98. The van der Waals surface area contributed by atoms with Crippen LogP contribution in [0.15, 0.2) is 70.3 Å². The normalized spacial score (nSPS) is 10.8. The largest absolute Gasteiger partial charge is 0.364 e. The first-order chi connectivity index (χ1) is 10.7. The molecule has 0 N–H and O–H groups in total. The summed E-state index contributed by atoms with van der Waals surface area (Å²) in [7, 11) is 0. The Labute approximate surface area is 129 Å². The van der Waals surface area contributed by atoms with E-state index in [0.717, 1.165) is 11.1 Å². The Bertz CT molecular complexity index is 831. The summed E-state index contributed by atoms with van der Waals surface area (Å²) in [4.78, 5) is 26.1. The third-order valence-electron chi connectivity index (χ3n) is 3.86. The van der Waals surface area contributed by atoms with Gasteiger partial charge in [-0.25, -0.2) is 0 Å². The Kier molecular flexibility index (Phi) is 3.88. The van der Waals surface area contributed by atoms with Gasteiger partial charge in [0.1, 0.15) is 5.69 Å². The zero-order chi connectivity index (χ0) is 15.5. The highest BCUT2D eigenvalue weighted by atomic mass is 16.2. The predicted molar refractivity (Wildman–Crippen MR) is 90.0 cm³/mol. The molecule has 3 heteroatoms. The first-order valence-corrected chi connectivity index (χ1v) is 7.40. The maximum atomic E-state index is 12.1. The van der Waals surface area contributed by atoms with Crippen molar-refractivity contribution in [1.82, 2.24) is 0 Å². The lowest BCUT2D eigenvalue weighted by atomic mass is 9.97. The fourth-order valence-electron chi connectivity index (χ4n) is 2.71. The van der Waals surface area contributed by atoms with Crippen molar-refractivity contribution >= 4 is 5.69 Å². The van der Waals surface area contributed by atoms with Gasteiger partial charge in [0.2, 0.25) is 10.9 Å². The van der Waals surface area contributed by atoms with Crippen molar-refractivity contribution < 1.29 is 0 Å². The van der Waals surface area contributed by atoms with E-state index >= 15 is 0 Å². The van der Waals surface area contributed by atoms with E-state index in [4.69, 9.17) is 0 Å². The first kappa shape index (κ1) is 14.3. The molecule has 0 radical (unpaired) electrons. The molecule has 0 bridgehead atoms. The minimum Gasteiger partial charge on any atom is -0.364 e. The van der Waals surface area contributed by atoms with Crippen molar-refractivity contribution in [3.8, 4) is 11.1 Å². The Hall–Kier alpha value is -2.68. The van der Waals surface area contributed by atoms with Crippen LogP contribution in [0, 0.1) is 0 Å². The lowest BCUT2D eigenvalue weighted by Crippen LogP contribution is -2.41. The molecule has 3 rings (SSSR count). The monoisotopic (exact) mass is 291 g/mol. The van der Waals surface area contributed by atoms with Crippen molar-refractivity contribution in [2.24, 2.45) is 0 Å². The lowest BCUT2D eigenvalue weighted by molar-refractivity contribution is 0.823. The van der Waals surface area contributed by atoms with Gasteiger partial charge in [-0.1, -0.05) is 60.7 Å². The molecule has 0 amide bonds. The maximum Gasteiger partial charge on any atom is 0.250 e. The first-order valence-electron chi connectivity index (χ1n) is 7.40. The Morgan fingerprint density at radius 2 is 1.41 bits per heavy atom. The molecular formula is C19H17NO2. The van der Waals surface area contributed by atoms with Crippen LogP contribution in [0.4, 0.5) is 5.69 Å². The highest BCUT2D eigenvalue weighted by molar-refractivity contribution is 5.82. The molecule has 110 valence electrons. The molecule has 3 aromatic carbocycles. The number of benzene rings is 2. The minimum atomic E-state index is -0.382. The summed E-state index contributed by atoms with van der Waals surface area (Å²) >= 11 is 0. The van der Waals surface area contributed by atoms with Gasteiger partial charge in [-0.3, -0.25) is 9.59 Å². The van der Waals surface area contributed by atoms with Crippen molar-refractivity contribution in [3.05, 3.63) is 86.7 Å². The fraction of sp³-hybridized carbons (Fsp3) is 0.158. The molecule has 3 aromatic rings. The molecule has 0 saturated heterocycles. The number of hydrogen-bond acceptors (Lipinski definition) is 3. The molecule has 3 nitrogen and oxygen atoms in total. The summed E-state index contributed by atoms with van der Waals surface area (Å²) in [6.45, 7) is 3.30. The van der Waals surface area contributed by atoms with E-state index in [0.29, 0.717) is 24.3 Å². The van der Waals surface area contributed by atoms with E-state index in [2.05, 4.69) is 0 Å². The molecule has 0 aromatic heterocycles. The van der Waals surface area contributed by atoms with E-state index < -0.39 is 0 Å². The number of nitrogens with zero attached hydrogens (tertiary/aromatic N) is 1. The summed E-state index contributed by atoms with van der Waals surface area (Å²) < 4.78 is 0. The van der Waals surface area contributed by atoms with Gasteiger partial charge in [-0.15, -0.1) is 0 Å². The van der Waals surface area contributed by atoms with Crippen molar-refractivity contribution in [3.63, 3.8) is 0 Å². The van der Waals surface area contributed by atoms with Crippen molar-refractivity contribution in [2.75, 3.05) is 11.4 Å². The van der Waals surface area contributed by atoms with E-state index in [-0.39, 0.29) is 10.9 Å². The molecule has 0 fully saturated rings. The molecule has 22 heavy (non-hydrogen) atoms. The van der Waals surface area contributed by atoms with Gasteiger partial charge >= 0.3 is 0 Å². The molecule has 0 aliphatic carbocycles. The summed E-state index contributed by atoms with van der Waals surface area (Å²) in [5, 5.41) is 0. The smallest absolute Gasteiger partial charge is 0.250 e. The summed E-state index contributed by atoms with van der Waals surface area (Å²) in [6, 6.07) is 19.4. The van der Waals surface area contributed by atoms with Crippen LogP contribution in [0.2, 0.25) is 0 Å². The maximum absolute atomic E-state index is 12.1. The molecule has 0 heterocycles. The summed E-state index contributed by atoms with van der Waals surface area (Å²) in [5.41, 5.74) is 2.26. The minimum absolute atomic E-state index is 0.378. The fourth-order valence-corrected chi connectivity index (χ4v) is 2.71. The molecule has 0 unspecified atom stereocenters. The molecule has 0 saturated carbocycles. The molecule has 0 atom stereocenters. The number of anilines is 1. The second-order valence-electron chi connectivity index (χ2n) is 5.25. The van der Waals surface area contributed by atoms with Crippen LogP contribution in [-0.2, 0) is 6.54 Å². The predicted octanol–water partition coefficient (Wildman–Crippen LogP) is 2.98. The summed E-state index contributed by atoms with van der Waals surface area (Å²) in [5.74, 6) is 0. The molecule has 0 aliphatic heterocycles. The topological polar surface area (TPSA) is 37.4 Å². The van der Waals surface area contributed by atoms with E-state index in [1.54, 1.807) is 0 Å². The van der Waals surface area contributed by atoms with Crippen LogP contribution in [-0.4, -0.2) is 6.54 Å². The van der Waals surface area contributed by atoms with Crippen molar-refractivity contribution in [2.45, 2.75) is 13.5 Å². The van der Waals surface area contributed by atoms with E-state index in [9.17, 15) is 9.59 Å². The van der Waals surface area contributed by atoms with Crippen LogP contribution in [0.25, 0.3) is 11.1 Å². The Balaban J connectivity index is 1.99. The van der Waals surface area contributed by atoms with Crippen LogP contribution >= 0.6 is 0 Å². The van der Waals surface area contributed by atoms with Crippen LogP contribution in [0.1, 0.15) is 12.5 Å². The standard InChI is InChI=1S/C19H17NO2/c1-2-20(13-14-9-5-3-6-10-14)17-16(18(21)19(17)22)15-11-7-4-8-12-15/h3-12H,2,13H2,1H3. The van der Waals surface area contributed by atoms with Gasteiger partial charge in [0.25, 0.3) is 0 Å². The van der Waals surface area contributed by atoms with Gasteiger partial charge in [0.15, 0.2) is 0 Å². The summed E-state index contributed by atoms with van der Waals surface area (Å²) in [6.07, 6.45) is 0. The average Bonchev–Trinajstić information content (AvgIpc) is 2.58. The third kappa shape index (κ3) is 2.46. The Morgan fingerprint density at radius 3 is 2.00 bits per heavy atom. The van der Waals surface area contributed by atoms with Gasteiger partial charge in [0.05, 0.1) is 5.56 Å². The highest BCUT2D eigenvalue weighted by Gasteiger charge is 2.26. The Morgan fingerprint density at radius 1 is 0.818 bits per heavy atom. The number of hydrogen-bond donors (Lipinski definition) is 0. The van der Waals surface area contributed by atoms with E-state index in [1.165, 1.54) is 0 Å². The van der Waals surface area contributed by atoms with Gasteiger partial charge in [0, 0.05) is 13.1 Å². The van der Waals surface area contributed by atoms with Crippen LogP contribution in [0.5, 0.6) is 0 Å². The van der Waals surface area contributed by atoms with Crippen molar-refractivity contribution in [1.29, 1.82) is 0 Å². The molecular weight excluding hydrogens is 274 g/mol. The highest BCUT2D eigenvalue weighted by Crippen LogP contribution is 2.27. The van der Waals surface area contributed by atoms with E-state index in [1.807, 2.05) is 72.5 Å². The molecule has 0 aliphatic rings. The molecule has 0 spiro atoms. The van der Waals surface area contributed by atoms with Gasteiger partial charge in [-0.2, -0.15) is 0 Å². The average molecular weight is 291 g/mol. The van der Waals surface area contributed by atoms with Gasteiger partial charge in [-0.05, 0) is 18.1 Å². The SMILES string of the molecule is CCN(Cc1ccccc1)c1c(-c2ccccc2)c(=O)c1=O. The van der Waals surface area contributed by atoms with Crippen LogP contribution in [0.3, 0.4) is 0 Å².